The fourth-order valence-electron chi connectivity index (χ4n) is 3.94. The van der Waals surface area contributed by atoms with Gasteiger partial charge >= 0.3 is 0 Å². The summed E-state index contributed by atoms with van der Waals surface area (Å²) in [4.78, 5) is 15.0. The highest BCUT2D eigenvalue weighted by molar-refractivity contribution is 9.10. The Kier molecular flexibility index (Phi) is 4.53. The molecule has 3 nitrogen and oxygen atoms in total. The smallest absolute Gasteiger partial charge is 0.256 e. The summed E-state index contributed by atoms with van der Waals surface area (Å²) in [5, 5.41) is 0. The van der Waals surface area contributed by atoms with Crippen LogP contribution in [0.15, 0.2) is 22.7 Å². The lowest BCUT2D eigenvalue weighted by atomic mass is 9.83. The van der Waals surface area contributed by atoms with Crippen LogP contribution in [0.25, 0.3) is 0 Å². The number of anilines is 1. The number of nitrogens with zero attached hydrogens (tertiary/aromatic N) is 1. The van der Waals surface area contributed by atoms with Crippen molar-refractivity contribution >= 4 is 27.5 Å². The first-order valence-electron chi connectivity index (χ1n) is 8.03. The van der Waals surface area contributed by atoms with E-state index in [1.165, 1.54) is 32.1 Å². The normalized spacial score (nSPS) is 23.5. The van der Waals surface area contributed by atoms with Crippen LogP contribution in [0.5, 0.6) is 0 Å². The third kappa shape index (κ3) is 3.10. The fraction of sp³-hybridized carbons (Fsp3) is 0.588. The highest BCUT2D eigenvalue weighted by Gasteiger charge is 2.35. The maximum absolute atomic E-state index is 12.9. The van der Waals surface area contributed by atoms with Gasteiger partial charge in [0, 0.05) is 22.7 Å². The van der Waals surface area contributed by atoms with Crippen molar-refractivity contribution in [1.82, 2.24) is 4.90 Å². The summed E-state index contributed by atoms with van der Waals surface area (Å²) in [6, 6.07) is 5.99. The van der Waals surface area contributed by atoms with E-state index in [1.807, 2.05) is 18.2 Å². The van der Waals surface area contributed by atoms with Crippen LogP contribution in [0.3, 0.4) is 0 Å². The Morgan fingerprint density at radius 3 is 2.62 bits per heavy atom. The zero-order valence-corrected chi connectivity index (χ0v) is 13.9. The first-order chi connectivity index (χ1) is 10.2. The molecule has 4 heteroatoms. The second kappa shape index (κ2) is 6.39. The summed E-state index contributed by atoms with van der Waals surface area (Å²) >= 11 is 3.40. The van der Waals surface area contributed by atoms with Crippen LogP contribution in [-0.2, 0) is 0 Å². The molecule has 1 heterocycles. The maximum Gasteiger partial charge on any atom is 0.256 e. The molecule has 1 aliphatic carbocycles. The summed E-state index contributed by atoms with van der Waals surface area (Å²) in [5.41, 5.74) is 7.26. The first kappa shape index (κ1) is 14.9. The Labute approximate surface area is 135 Å². The van der Waals surface area contributed by atoms with E-state index in [1.54, 1.807) is 0 Å². The van der Waals surface area contributed by atoms with Gasteiger partial charge in [-0.1, -0.05) is 35.2 Å². The van der Waals surface area contributed by atoms with Crippen LogP contribution < -0.4 is 5.73 Å². The lowest BCUT2D eigenvalue weighted by Gasteiger charge is -2.34. The monoisotopic (exact) mass is 350 g/mol. The molecule has 1 unspecified atom stereocenters. The quantitative estimate of drug-likeness (QED) is 0.811. The van der Waals surface area contributed by atoms with Crippen LogP contribution in [-0.4, -0.2) is 23.4 Å². The number of halogens is 1. The average Bonchev–Trinajstić information content (AvgIpc) is 2.97. The summed E-state index contributed by atoms with van der Waals surface area (Å²) in [6.07, 6.45) is 8.86. The molecule has 21 heavy (non-hydrogen) atoms. The van der Waals surface area contributed by atoms with Crippen LogP contribution in [0.2, 0.25) is 0 Å². The second-order valence-corrected chi connectivity index (χ2v) is 7.25. The molecule has 2 N–H and O–H groups in total. The minimum atomic E-state index is 0.119. The highest BCUT2D eigenvalue weighted by Crippen LogP contribution is 2.35. The molecule has 1 aromatic rings. The lowest BCUT2D eigenvalue weighted by molar-refractivity contribution is 0.0662. The molecule has 1 atom stereocenters. The van der Waals surface area contributed by atoms with Gasteiger partial charge in [-0.3, -0.25) is 4.79 Å². The van der Waals surface area contributed by atoms with Crippen LogP contribution >= 0.6 is 15.9 Å². The summed E-state index contributed by atoms with van der Waals surface area (Å²) < 4.78 is 0.918. The van der Waals surface area contributed by atoms with E-state index in [0.717, 1.165) is 23.9 Å². The van der Waals surface area contributed by atoms with Gasteiger partial charge in [0.15, 0.2) is 0 Å². The van der Waals surface area contributed by atoms with Gasteiger partial charge in [-0.2, -0.15) is 0 Å². The molecule has 3 rings (SSSR count). The van der Waals surface area contributed by atoms with E-state index in [0.29, 0.717) is 23.2 Å². The number of amides is 1. The second-order valence-electron chi connectivity index (χ2n) is 6.34. The molecule has 1 aliphatic heterocycles. The van der Waals surface area contributed by atoms with E-state index in [-0.39, 0.29) is 5.91 Å². The number of hydrogen-bond acceptors (Lipinski definition) is 2. The molecule has 1 amide bonds. The SMILES string of the molecule is Nc1cc(Br)ccc1C(=O)N1CCCC1C1CCCCC1. The number of hydrogen-bond donors (Lipinski definition) is 1. The Morgan fingerprint density at radius 2 is 1.90 bits per heavy atom. The van der Waals surface area contributed by atoms with Gasteiger partial charge in [0.2, 0.25) is 0 Å². The number of carbonyl (C=O) groups is 1. The summed E-state index contributed by atoms with van der Waals surface area (Å²) in [6.45, 7) is 0.884. The van der Waals surface area contributed by atoms with Gasteiger partial charge in [0.1, 0.15) is 0 Å². The molecule has 0 aromatic heterocycles. The zero-order chi connectivity index (χ0) is 14.8. The number of carbonyl (C=O) groups excluding carboxylic acids is 1. The standard InChI is InChI=1S/C17H23BrN2O/c18-13-8-9-14(15(19)11-13)17(21)20-10-4-7-16(20)12-5-2-1-3-6-12/h8-9,11-12,16H,1-7,10,19H2. The van der Waals surface area contributed by atoms with E-state index >= 15 is 0 Å². The third-order valence-corrected chi connectivity index (χ3v) is 5.49. The fourth-order valence-corrected chi connectivity index (χ4v) is 4.32. The Balaban J connectivity index is 1.79. The van der Waals surface area contributed by atoms with E-state index in [2.05, 4.69) is 20.8 Å². The predicted molar refractivity (Wildman–Crippen MR) is 89.2 cm³/mol. The number of benzene rings is 1. The minimum absolute atomic E-state index is 0.119. The van der Waals surface area contributed by atoms with E-state index in [9.17, 15) is 4.79 Å². The van der Waals surface area contributed by atoms with Crippen molar-refractivity contribution in [2.24, 2.45) is 5.92 Å². The number of nitrogen functional groups attached to an aromatic ring is 1. The van der Waals surface area contributed by atoms with Gasteiger partial charge in [0.25, 0.3) is 5.91 Å². The van der Waals surface area contributed by atoms with Gasteiger partial charge in [0.05, 0.1) is 5.56 Å². The van der Waals surface area contributed by atoms with Crippen molar-refractivity contribution in [2.75, 3.05) is 12.3 Å². The lowest BCUT2D eigenvalue weighted by Crippen LogP contribution is -2.41. The molecule has 0 spiro atoms. The zero-order valence-electron chi connectivity index (χ0n) is 12.4. The van der Waals surface area contributed by atoms with Crippen molar-refractivity contribution in [3.63, 3.8) is 0 Å². The Hall–Kier alpha value is -1.03. The highest BCUT2D eigenvalue weighted by atomic mass is 79.9. The molecule has 2 fully saturated rings. The van der Waals surface area contributed by atoms with Crippen molar-refractivity contribution in [1.29, 1.82) is 0 Å². The third-order valence-electron chi connectivity index (χ3n) is 5.00. The van der Waals surface area contributed by atoms with E-state index < -0.39 is 0 Å². The van der Waals surface area contributed by atoms with Crippen molar-refractivity contribution < 1.29 is 4.79 Å². The first-order valence-corrected chi connectivity index (χ1v) is 8.82. The maximum atomic E-state index is 12.9. The topological polar surface area (TPSA) is 46.3 Å². The Morgan fingerprint density at radius 1 is 1.14 bits per heavy atom. The van der Waals surface area contributed by atoms with E-state index in [4.69, 9.17) is 5.73 Å². The molecular weight excluding hydrogens is 328 g/mol. The minimum Gasteiger partial charge on any atom is -0.398 e. The number of nitrogens with two attached hydrogens (primary N) is 1. The van der Waals surface area contributed by atoms with Crippen LogP contribution in [0.1, 0.15) is 55.3 Å². The molecule has 1 aromatic carbocycles. The Bertz CT molecular complexity index is 526. The van der Waals surface area contributed by atoms with Gasteiger partial charge in [-0.15, -0.1) is 0 Å². The number of rotatable bonds is 2. The average molecular weight is 351 g/mol. The van der Waals surface area contributed by atoms with Crippen molar-refractivity contribution in [2.45, 2.75) is 51.0 Å². The molecule has 0 radical (unpaired) electrons. The van der Waals surface area contributed by atoms with Crippen LogP contribution in [0, 0.1) is 5.92 Å². The number of likely N-dealkylation sites (tertiary alicyclic amines) is 1. The summed E-state index contributed by atoms with van der Waals surface area (Å²) in [5.74, 6) is 0.815. The molecule has 2 aliphatic rings. The molecule has 0 bridgehead atoms. The van der Waals surface area contributed by atoms with Crippen molar-refractivity contribution in [3.8, 4) is 0 Å². The molecular formula is C17H23BrN2O. The van der Waals surface area contributed by atoms with Crippen molar-refractivity contribution in [3.05, 3.63) is 28.2 Å². The molecule has 1 saturated carbocycles. The van der Waals surface area contributed by atoms with Gasteiger partial charge in [-0.25, -0.2) is 0 Å². The largest absolute Gasteiger partial charge is 0.398 e. The summed E-state index contributed by atoms with van der Waals surface area (Å²) in [7, 11) is 0. The van der Waals surface area contributed by atoms with Gasteiger partial charge < -0.3 is 10.6 Å². The molecule has 1 saturated heterocycles. The predicted octanol–water partition coefficient (Wildman–Crippen LogP) is 4.22. The molecule has 114 valence electrons. The van der Waals surface area contributed by atoms with Gasteiger partial charge in [-0.05, 0) is 49.8 Å². The van der Waals surface area contributed by atoms with Crippen LogP contribution in [0.4, 0.5) is 5.69 Å².